The molecule has 0 atom stereocenters. The van der Waals surface area contributed by atoms with Gasteiger partial charge in [-0.15, -0.1) is 0 Å². The average molecular weight is 382 g/mol. The number of fused-ring (bicyclic) bond motifs is 1. The van der Waals surface area contributed by atoms with Gasteiger partial charge in [0.05, 0.1) is 16.6 Å². The highest BCUT2D eigenvalue weighted by molar-refractivity contribution is 6.32. The second-order valence-corrected chi connectivity index (χ2v) is 6.55. The number of benzene rings is 3. The summed E-state index contributed by atoms with van der Waals surface area (Å²) in [5, 5.41) is 13.7. The highest BCUT2D eigenvalue weighted by atomic mass is 16.5. The Kier molecular flexibility index (Phi) is 4.64. The minimum Gasteiger partial charge on any atom is -0.476 e. The van der Waals surface area contributed by atoms with E-state index in [1.807, 2.05) is 31.2 Å². The maximum Gasteiger partial charge on any atom is 0.360 e. The molecule has 0 saturated heterocycles. The molecular formula is C22H15BN2O4. The predicted octanol–water partition coefficient (Wildman–Crippen LogP) is 2.98. The molecule has 0 fully saturated rings. The molecule has 2 radical (unpaired) electrons. The molecule has 0 spiro atoms. The van der Waals surface area contributed by atoms with Crippen molar-refractivity contribution in [2.75, 3.05) is 0 Å². The van der Waals surface area contributed by atoms with Crippen LogP contribution < -0.4 is 15.6 Å². The summed E-state index contributed by atoms with van der Waals surface area (Å²) in [7, 11) is 5.70. The van der Waals surface area contributed by atoms with Crippen molar-refractivity contribution >= 4 is 30.2 Å². The molecule has 3 aromatic carbocycles. The van der Waals surface area contributed by atoms with Crippen LogP contribution in [0.15, 0.2) is 71.5 Å². The number of rotatable bonds is 4. The first-order valence-corrected chi connectivity index (χ1v) is 8.84. The molecule has 0 saturated carbocycles. The zero-order valence-corrected chi connectivity index (χ0v) is 15.5. The Balaban J connectivity index is 1.99. The Morgan fingerprint density at radius 1 is 1.03 bits per heavy atom. The van der Waals surface area contributed by atoms with Crippen LogP contribution in [0, 0.1) is 6.92 Å². The van der Waals surface area contributed by atoms with Crippen molar-refractivity contribution < 1.29 is 14.6 Å². The maximum atomic E-state index is 12.9. The van der Waals surface area contributed by atoms with Crippen LogP contribution in [0.3, 0.4) is 0 Å². The van der Waals surface area contributed by atoms with Gasteiger partial charge in [0.1, 0.15) is 19.3 Å². The van der Waals surface area contributed by atoms with Crippen molar-refractivity contribution in [1.29, 1.82) is 0 Å². The van der Waals surface area contributed by atoms with Gasteiger partial charge in [0, 0.05) is 0 Å². The van der Waals surface area contributed by atoms with Crippen LogP contribution in [-0.4, -0.2) is 28.7 Å². The molecule has 1 heterocycles. The van der Waals surface area contributed by atoms with E-state index >= 15 is 0 Å². The SMILES string of the molecule is [B]c1ccc(Oc2cccc3c2c(=O)c(C(=O)O)nn3-c2ccc(C)cc2)cc1. The summed E-state index contributed by atoms with van der Waals surface area (Å²) in [6.07, 6.45) is 0. The van der Waals surface area contributed by atoms with E-state index in [0.29, 0.717) is 22.4 Å². The zero-order chi connectivity index (χ0) is 20.5. The molecule has 1 N–H and O–H groups in total. The Morgan fingerprint density at radius 3 is 2.38 bits per heavy atom. The van der Waals surface area contributed by atoms with E-state index in [1.165, 1.54) is 4.68 Å². The van der Waals surface area contributed by atoms with Gasteiger partial charge in [-0.25, -0.2) is 9.48 Å². The van der Waals surface area contributed by atoms with E-state index in [1.54, 1.807) is 42.5 Å². The smallest absolute Gasteiger partial charge is 0.360 e. The molecule has 140 valence electrons. The normalized spacial score (nSPS) is 10.8. The van der Waals surface area contributed by atoms with Crippen molar-refractivity contribution in [2.24, 2.45) is 0 Å². The van der Waals surface area contributed by atoms with Crippen LogP contribution in [0.5, 0.6) is 11.5 Å². The van der Waals surface area contributed by atoms with E-state index in [2.05, 4.69) is 5.10 Å². The molecule has 7 heteroatoms. The van der Waals surface area contributed by atoms with Crippen LogP contribution in [0.4, 0.5) is 0 Å². The molecule has 4 aromatic rings. The van der Waals surface area contributed by atoms with Gasteiger partial charge in [-0.05, 0) is 43.3 Å². The third-order valence-electron chi connectivity index (χ3n) is 4.46. The summed E-state index contributed by atoms with van der Waals surface area (Å²) in [5.41, 5.74) is 1.41. The molecule has 29 heavy (non-hydrogen) atoms. The summed E-state index contributed by atoms with van der Waals surface area (Å²) in [5.74, 6) is -0.690. The monoisotopic (exact) mass is 382 g/mol. The highest BCUT2D eigenvalue weighted by Crippen LogP contribution is 2.28. The van der Waals surface area contributed by atoms with Gasteiger partial charge in [0.15, 0.2) is 0 Å². The Bertz CT molecular complexity index is 1280. The molecule has 0 bridgehead atoms. The van der Waals surface area contributed by atoms with Crippen molar-refractivity contribution in [2.45, 2.75) is 6.92 Å². The van der Waals surface area contributed by atoms with E-state index in [0.717, 1.165) is 5.56 Å². The number of ether oxygens (including phenoxy) is 1. The fraction of sp³-hybridized carbons (Fsp3) is 0.0455. The largest absolute Gasteiger partial charge is 0.476 e. The van der Waals surface area contributed by atoms with Gasteiger partial charge in [-0.3, -0.25) is 4.79 Å². The Morgan fingerprint density at radius 2 is 1.72 bits per heavy atom. The van der Waals surface area contributed by atoms with Gasteiger partial charge < -0.3 is 9.84 Å². The predicted molar refractivity (Wildman–Crippen MR) is 111 cm³/mol. The lowest BCUT2D eigenvalue weighted by atomic mass is 9.97. The van der Waals surface area contributed by atoms with Gasteiger partial charge in [-0.2, -0.15) is 5.10 Å². The van der Waals surface area contributed by atoms with Crippen molar-refractivity contribution in [3.63, 3.8) is 0 Å². The number of carboxylic acid groups (broad SMARTS) is 1. The third-order valence-corrected chi connectivity index (χ3v) is 4.46. The van der Waals surface area contributed by atoms with E-state index in [9.17, 15) is 14.7 Å². The van der Waals surface area contributed by atoms with E-state index < -0.39 is 17.1 Å². The number of hydrogen-bond acceptors (Lipinski definition) is 4. The van der Waals surface area contributed by atoms with E-state index in [4.69, 9.17) is 12.6 Å². The number of aromatic nitrogens is 2. The standard InChI is InChI=1S/C22H15BN2O4/c1-13-5-9-15(10-6-13)25-17-3-2-4-18(29-16-11-7-14(23)8-12-16)19(17)21(26)20(24-25)22(27)28/h2-12H,1H3,(H,27,28). The molecule has 0 aliphatic rings. The quantitative estimate of drug-likeness (QED) is 0.549. The molecule has 0 aliphatic heterocycles. The zero-order valence-electron chi connectivity index (χ0n) is 15.5. The minimum atomic E-state index is -1.40. The molecule has 0 amide bonds. The summed E-state index contributed by atoms with van der Waals surface area (Å²) in [4.78, 5) is 24.6. The molecule has 6 nitrogen and oxygen atoms in total. The molecule has 4 rings (SSSR count). The highest BCUT2D eigenvalue weighted by Gasteiger charge is 2.20. The topological polar surface area (TPSA) is 81.4 Å². The van der Waals surface area contributed by atoms with Crippen LogP contribution in [0.2, 0.25) is 0 Å². The molecule has 0 aliphatic carbocycles. The summed E-state index contributed by atoms with van der Waals surface area (Å²) in [6, 6.07) is 19.1. The number of carboxylic acids is 1. The average Bonchev–Trinajstić information content (AvgIpc) is 2.71. The van der Waals surface area contributed by atoms with Crippen molar-refractivity contribution in [1.82, 2.24) is 9.78 Å². The number of aryl methyl sites for hydroxylation is 1. The van der Waals surface area contributed by atoms with Crippen molar-refractivity contribution in [3.8, 4) is 17.2 Å². The maximum absolute atomic E-state index is 12.9. The van der Waals surface area contributed by atoms with Crippen LogP contribution >= 0.6 is 0 Å². The first-order valence-electron chi connectivity index (χ1n) is 8.84. The second-order valence-electron chi connectivity index (χ2n) is 6.55. The van der Waals surface area contributed by atoms with Crippen LogP contribution in [-0.2, 0) is 0 Å². The van der Waals surface area contributed by atoms with Gasteiger partial charge in [0.2, 0.25) is 11.1 Å². The second kappa shape index (κ2) is 7.28. The summed E-state index contributed by atoms with van der Waals surface area (Å²) >= 11 is 0. The molecular weight excluding hydrogens is 367 g/mol. The van der Waals surface area contributed by atoms with E-state index in [-0.39, 0.29) is 11.1 Å². The summed E-state index contributed by atoms with van der Waals surface area (Å²) < 4.78 is 7.32. The lowest BCUT2D eigenvalue weighted by Gasteiger charge is -2.14. The first kappa shape index (κ1) is 18.5. The minimum absolute atomic E-state index is 0.136. The number of nitrogens with zero attached hydrogens (tertiary/aromatic N) is 2. The fourth-order valence-corrected chi connectivity index (χ4v) is 3.01. The van der Waals surface area contributed by atoms with Gasteiger partial charge in [-0.1, -0.05) is 41.4 Å². The summed E-state index contributed by atoms with van der Waals surface area (Å²) in [6.45, 7) is 1.95. The lowest BCUT2D eigenvalue weighted by molar-refractivity contribution is 0.0687. The Hall–Kier alpha value is -3.87. The first-order chi connectivity index (χ1) is 13.9. The van der Waals surface area contributed by atoms with Crippen LogP contribution in [0.1, 0.15) is 16.1 Å². The van der Waals surface area contributed by atoms with Crippen LogP contribution in [0.25, 0.3) is 16.6 Å². The number of aromatic carboxylic acids is 1. The molecule has 0 unspecified atom stereocenters. The number of hydrogen-bond donors (Lipinski definition) is 1. The Labute approximate surface area is 167 Å². The van der Waals surface area contributed by atoms with Crippen molar-refractivity contribution in [3.05, 3.63) is 88.2 Å². The third kappa shape index (κ3) is 3.50. The van der Waals surface area contributed by atoms with Gasteiger partial charge >= 0.3 is 5.97 Å². The molecule has 1 aromatic heterocycles. The number of carbonyl (C=O) groups is 1. The van der Waals surface area contributed by atoms with Gasteiger partial charge in [0.25, 0.3) is 0 Å². The fourth-order valence-electron chi connectivity index (χ4n) is 3.01. The lowest BCUT2D eigenvalue weighted by Crippen LogP contribution is -2.22.